The van der Waals surface area contributed by atoms with Crippen molar-refractivity contribution in [1.82, 2.24) is 10.1 Å². The molecule has 0 aliphatic carbocycles. The Morgan fingerprint density at radius 3 is 2.58 bits per heavy atom. The first-order chi connectivity index (χ1) is 15.1. The van der Waals surface area contributed by atoms with Gasteiger partial charge < -0.3 is 24.0 Å². The van der Waals surface area contributed by atoms with Crippen LogP contribution in [0.5, 0.6) is 0 Å². The number of hydrogen-bond acceptors (Lipinski definition) is 7. The highest BCUT2D eigenvalue weighted by atomic mass is 16.5. The SMILES string of the molecule is CCCN(Cc1c(-c2ccccc2)noc1N1CCOCC1)C[C@@H](O)COCC(C)C. The number of ether oxygens (including phenoxy) is 2. The lowest BCUT2D eigenvalue weighted by molar-refractivity contribution is 0.00692. The van der Waals surface area contributed by atoms with E-state index < -0.39 is 6.10 Å². The van der Waals surface area contributed by atoms with Gasteiger partial charge in [-0.05, 0) is 18.9 Å². The second-order valence-corrected chi connectivity index (χ2v) is 8.60. The van der Waals surface area contributed by atoms with Crippen LogP contribution in [0, 0.1) is 5.92 Å². The van der Waals surface area contributed by atoms with E-state index in [1.807, 2.05) is 18.2 Å². The largest absolute Gasteiger partial charge is 0.389 e. The highest BCUT2D eigenvalue weighted by Gasteiger charge is 2.26. The molecule has 0 amide bonds. The number of aromatic nitrogens is 1. The summed E-state index contributed by atoms with van der Waals surface area (Å²) in [4.78, 5) is 4.48. The van der Waals surface area contributed by atoms with E-state index in [0.717, 1.165) is 48.8 Å². The Balaban J connectivity index is 1.79. The zero-order valence-corrected chi connectivity index (χ0v) is 19.1. The van der Waals surface area contributed by atoms with Gasteiger partial charge in [0.1, 0.15) is 5.69 Å². The quantitative estimate of drug-likeness (QED) is 0.552. The number of hydrogen-bond donors (Lipinski definition) is 1. The van der Waals surface area contributed by atoms with Gasteiger partial charge in [-0.3, -0.25) is 4.90 Å². The van der Waals surface area contributed by atoms with Crippen molar-refractivity contribution in [2.75, 3.05) is 57.5 Å². The number of rotatable bonds is 12. The lowest BCUT2D eigenvalue weighted by atomic mass is 10.1. The van der Waals surface area contributed by atoms with Crippen LogP contribution in [0.4, 0.5) is 5.88 Å². The molecule has 1 fully saturated rings. The minimum absolute atomic E-state index is 0.351. The van der Waals surface area contributed by atoms with Gasteiger partial charge in [0.25, 0.3) is 0 Å². The highest BCUT2D eigenvalue weighted by Crippen LogP contribution is 2.33. The van der Waals surface area contributed by atoms with Crippen molar-refractivity contribution in [3.8, 4) is 11.3 Å². The van der Waals surface area contributed by atoms with Gasteiger partial charge in [0, 0.05) is 38.3 Å². The van der Waals surface area contributed by atoms with Gasteiger partial charge in [0.2, 0.25) is 5.88 Å². The molecule has 7 heteroatoms. The van der Waals surface area contributed by atoms with Crippen LogP contribution in [0.25, 0.3) is 11.3 Å². The molecule has 1 saturated heterocycles. The molecule has 2 heterocycles. The van der Waals surface area contributed by atoms with Crippen molar-refractivity contribution < 1.29 is 19.1 Å². The van der Waals surface area contributed by atoms with Crippen LogP contribution in [0.1, 0.15) is 32.8 Å². The fraction of sp³-hybridized carbons (Fsp3) is 0.625. The van der Waals surface area contributed by atoms with Crippen LogP contribution < -0.4 is 4.90 Å². The van der Waals surface area contributed by atoms with Gasteiger partial charge in [-0.15, -0.1) is 0 Å². The molecule has 1 aromatic carbocycles. The summed E-state index contributed by atoms with van der Waals surface area (Å²) in [5.74, 6) is 1.27. The molecule has 172 valence electrons. The van der Waals surface area contributed by atoms with E-state index in [4.69, 9.17) is 14.0 Å². The third-order valence-electron chi connectivity index (χ3n) is 5.26. The van der Waals surface area contributed by atoms with Crippen LogP contribution in [0.3, 0.4) is 0 Å². The van der Waals surface area contributed by atoms with E-state index in [2.05, 4.69) is 47.9 Å². The minimum Gasteiger partial charge on any atom is -0.389 e. The third-order valence-corrected chi connectivity index (χ3v) is 5.26. The predicted octanol–water partition coefficient (Wildman–Crippen LogP) is 3.42. The maximum atomic E-state index is 10.6. The molecule has 1 aromatic heterocycles. The summed E-state index contributed by atoms with van der Waals surface area (Å²) in [6.07, 6.45) is 0.468. The van der Waals surface area contributed by atoms with E-state index in [0.29, 0.717) is 45.4 Å². The van der Waals surface area contributed by atoms with E-state index in [-0.39, 0.29) is 0 Å². The van der Waals surface area contributed by atoms with Crippen molar-refractivity contribution in [3.05, 3.63) is 35.9 Å². The fourth-order valence-corrected chi connectivity index (χ4v) is 3.85. The number of aliphatic hydroxyl groups is 1. The van der Waals surface area contributed by atoms with E-state index in [9.17, 15) is 5.11 Å². The normalized spacial score (nSPS) is 15.7. The topological polar surface area (TPSA) is 71.2 Å². The number of nitrogens with zero attached hydrogens (tertiary/aromatic N) is 3. The fourth-order valence-electron chi connectivity index (χ4n) is 3.85. The molecular formula is C24H37N3O4. The second kappa shape index (κ2) is 12.2. The van der Waals surface area contributed by atoms with Crippen LogP contribution in [0.2, 0.25) is 0 Å². The summed E-state index contributed by atoms with van der Waals surface area (Å²) < 4.78 is 17.0. The third kappa shape index (κ3) is 7.04. The van der Waals surface area contributed by atoms with Crippen molar-refractivity contribution >= 4 is 5.88 Å². The average molecular weight is 432 g/mol. The molecule has 0 bridgehead atoms. The number of aliphatic hydroxyl groups excluding tert-OH is 1. The smallest absolute Gasteiger partial charge is 0.232 e. The maximum Gasteiger partial charge on any atom is 0.232 e. The lowest BCUT2D eigenvalue weighted by Crippen LogP contribution is -2.38. The zero-order valence-electron chi connectivity index (χ0n) is 19.1. The summed E-state index contributed by atoms with van der Waals surface area (Å²) in [7, 11) is 0. The highest BCUT2D eigenvalue weighted by molar-refractivity contribution is 5.68. The number of morpholine rings is 1. The molecule has 31 heavy (non-hydrogen) atoms. The van der Waals surface area contributed by atoms with Gasteiger partial charge in [-0.1, -0.05) is 56.3 Å². The molecule has 1 atom stereocenters. The van der Waals surface area contributed by atoms with Crippen molar-refractivity contribution in [1.29, 1.82) is 0 Å². The molecule has 1 aliphatic rings. The van der Waals surface area contributed by atoms with Gasteiger partial charge in [0.05, 0.1) is 31.5 Å². The van der Waals surface area contributed by atoms with Gasteiger partial charge >= 0.3 is 0 Å². The first-order valence-electron chi connectivity index (χ1n) is 11.4. The lowest BCUT2D eigenvalue weighted by Gasteiger charge is -2.29. The second-order valence-electron chi connectivity index (χ2n) is 8.60. The average Bonchev–Trinajstić information content (AvgIpc) is 3.18. The number of benzene rings is 1. The molecule has 0 radical (unpaired) electrons. The number of anilines is 1. The molecular weight excluding hydrogens is 394 g/mol. The Kier molecular flexibility index (Phi) is 9.33. The van der Waals surface area contributed by atoms with Crippen LogP contribution in [0.15, 0.2) is 34.9 Å². The van der Waals surface area contributed by atoms with E-state index >= 15 is 0 Å². The zero-order chi connectivity index (χ0) is 22.1. The first-order valence-corrected chi connectivity index (χ1v) is 11.4. The van der Waals surface area contributed by atoms with Crippen molar-refractivity contribution in [2.45, 2.75) is 39.8 Å². The molecule has 2 aromatic rings. The Morgan fingerprint density at radius 2 is 1.90 bits per heavy atom. The molecule has 3 rings (SSSR count). The molecule has 1 aliphatic heterocycles. The molecule has 0 spiro atoms. The van der Waals surface area contributed by atoms with Gasteiger partial charge in [-0.25, -0.2) is 0 Å². The van der Waals surface area contributed by atoms with Gasteiger partial charge in [-0.2, -0.15) is 0 Å². The minimum atomic E-state index is -0.530. The summed E-state index contributed by atoms with van der Waals surface area (Å²) in [5, 5.41) is 15.0. The Bertz CT molecular complexity index is 759. The van der Waals surface area contributed by atoms with Crippen molar-refractivity contribution in [2.24, 2.45) is 5.92 Å². The molecule has 0 saturated carbocycles. The summed E-state index contributed by atoms with van der Waals surface area (Å²) >= 11 is 0. The van der Waals surface area contributed by atoms with Crippen LogP contribution >= 0.6 is 0 Å². The molecule has 7 nitrogen and oxygen atoms in total. The summed E-state index contributed by atoms with van der Waals surface area (Å²) in [6, 6.07) is 10.2. The van der Waals surface area contributed by atoms with Crippen molar-refractivity contribution in [3.63, 3.8) is 0 Å². The maximum absolute atomic E-state index is 10.6. The van der Waals surface area contributed by atoms with Crippen LogP contribution in [-0.4, -0.2) is 73.9 Å². The summed E-state index contributed by atoms with van der Waals surface area (Å²) in [6.45, 7) is 12.4. The Morgan fingerprint density at radius 1 is 1.16 bits per heavy atom. The van der Waals surface area contributed by atoms with Gasteiger partial charge in [0.15, 0.2) is 0 Å². The Labute approximate surface area is 185 Å². The molecule has 1 N–H and O–H groups in total. The molecule has 0 unspecified atom stereocenters. The van der Waals surface area contributed by atoms with E-state index in [1.165, 1.54) is 0 Å². The monoisotopic (exact) mass is 431 g/mol. The summed E-state index contributed by atoms with van der Waals surface area (Å²) in [5.41, 5.74) is 2.98. The van der Waals surface area contributed by atoms with E-state index in [1.54, 1.807) is 0 Å². The first kappa shape index (κ1) is 23.7. The Hall–Kier alpha value is -1.93. The predicted molar refractivity (Wildman–Crippen MR) is 122 cm³/mol. The van der Waals surface area contributed by atoms with Crippen LogP contribution in [-0.2, 0) is 16.0 Å². The standard InChI is InChI=1S/C24H37N3O4/c1-4-10-26(15-21(28)18-30-17-19(2)3)16-22-23(20-8-6-5-7-9-20)25-31-24(22)27-11-13-29-14-12-27/h5-9,19,21,28H,4,10-18H2,1-3H3/t21-/m1/s1.